The fraction of sp³-hybridized carbons (Fsp3) is 0.257. The van der Waals surface area contributed by atoms with E-state index in [0.29, 0.717) is 6.54 Å². The van der Waals surface area contributed by atoms with Gasteiger partial charge in [0, 0.05) is 19.5 Å². The topological polar surface area (TPSA) is 86.8 Å². The Kier molecular flexibility index (Phi) is 11.7. The number of carbonyl (C=O) groups excluding carboxylic acids is 2. The first-order chi connectivity index (χ1) is 21.6. The zero-order chi connectivity index (χ0) is 32.4. The Morgan fingerprint density at radius 2 is 1.56 bits per heavy atom. The Labute approximate surface area is 269 Å². The fourth-order valence-corrected chi connectivity index (χ4v) is 6.56. The first-order valence-corrected chi connectivity index (χ1v) is 16.6. The van der Waals surface area contributed by atoms with E-state index in [0.717, 1.165) is 39.9 Å². The molecule has 0 fully saturated rings. The lowest BCUT2D eigenvalue weighted by molar-refractivity contribution is -0.140. The van der Waals surface area contributed by atoms with E-state index in [9.17, 15) is 22.4 Å². The van der Waals surface area contributed by atoms with Gasteiger partial charge in [-0.2, -0.15) is 0 Å². The maximum Gasteiger partial charge on any atom is 0.264 e. The van der Waals surface area contributed by atoms with E-state index in [1.807, 2.05) is 68.4 Å². The van der Waals surface area contributed by atoms with Crippen LogP contribution in [-0.4, -0.2) is 44.3 Å². The average Bonchev–Trinajstić information content (AvgIpc) is 3.03. The number of rotatable bonds is 14. The van der Waals surface area contributed by atoms with Crippen molar-refractivity contribution in [2.75, 3.05) is 17.4 Å². The van der Waals surface area contributed by atoms with Gasteiger partial charge in [-0.1, -0.05) is 103 Å². The molecule has 4 aromatic carbocycles. The van der Waals surface area contributed by atoms with E-state index in [4.69, 9.17) is 11.6 Å². The van der Waals surface area contributed by atoms with E-state index in [1.165, 1.54) is 29.2 Å². The molecule has 236 valence electrons. The minimum Gasteiger partial charge on any atom is -0.354 e. The van der Waals surface area contributed by atoms with Gasteiger partial charge in [-0.25, -0.2) is 12.8 Å². The van der Waals surface area contributed by atoms with Crippen LogP contribution in [0.1, 0.15) is 36.5 Å². The largest absolute Gasteiger partial charge is 0.354 e. The monoisotopic (exact) mass is 649 g/mol. The fourth-order valence-electron chi connectivity index (χ4n) is 4.96. The van der Waals surface area contributed by atoms with Crippen LogP contribution >= 0.6 is 11.6 Å². The summed E-state index contributed by atoms with van der Waals surface area (Å²) in [4.78, 5) is 29.6. The number of nitrogens with zero attached hydrogens (tertiary/aromatic N) is 2. The van der Waals surface area contributed by atoms with E-state index >= 15 is 0 Å². The molecule has 0 aromatic heterocycles. The summed E-state index contributed by atoms with van der Waals surface area (Å²) in [6.07, 6.45) is 1.86. The van der Waals surface area contributed by atoms with Crippen LogP contribution in [0.5, 0.6) is 0 Å². The van der Waals surface area contributed by atoms with Gasteiger partial charge in [-0.15, -0.1) is 0 Å². The first kappa shape index (κ1) is 33.7. The number of benzene rings is 4. The van der Waals surface area contributed by atoms with E-state index in [2.05, 4.69) is 5.32 Å². The third-order valence-corrected chi connectivity index (χ3v) is 9.42. The van der Waals surface area contributed by atoms with Gasteiger partial charge in [-0.05, 0) is 54.8 Å². The van der Waals surface area contributed by atoms with Gasteiger partial charge < -0.3 is 10.2 Å². The SMILES string of the molecule is CCCCNC(=O)C(Cc1ccccc1)N(Cc1cccc(C)c1)C(=O)CN(c1ccc(F)c(Cl)c1)S(=O)(=O)c1ccccc1. The van der Waals surface area contributed by atoms with Gasteiger partial charge in [0.15, 0.2) is 0 Å². The summed E-state index contributed by atoms with van der Waals surface area (Å²) in [6, 6.07) is 27.2. The molecule has 0 aliphatic heterocycles. The minimum absolute atomic E-state index is 0.0149. The smallest absolute Gasteiger partial charge is 0.264 e. The molecule has 4 aromatic rings. The third kappa shape index (κ3) is 8.93. The molecule has 0 saturated carbocycles. The molecule has 2 amide bonds. The molecule has 45 heavy (non-hydrogen) atoms. The van der Waals surface area contributed by atoms with Gasteiger partial charge in [0.05, 0.1) is 15.6 Å². The highest BCUT2D eigenvalue weighted by atomic mass is 35.5. The number of hydrogen-bond acceptors (Lipinski definition) is 4. The second-order valence-electron chi connectivity index (χ2n) is 10.8. The molecule has 0 aliphatic carbocycles. The zero-order valence-corrected chi connectivity index (χ0v) is 26.9. The van der Waals surface area contributed by atoms with Crippen molar-refractivity contribution in [1.82, 2.24) is 10.2 Å². The Morgan fingerprint density at radius 1 is 0.889 bits per heavy atom. The van der Waals surface area contributed by atoms with Gasteiger partial charge in [0.2, 0.25) is 11.8 Å². The second-order valence-corrected chi connectivity index (χ2v) is 13.1. The van der Waals surface area contributed by atoms with E-state index < -0.39 is 34.3 Å². The lowest BCUT2D eigenvalue weighted by Crippen LogP contribution is -2.53. The van der Waals surface area contributed by atoms with Gasteiger partial charge in [-0.3, -0.25) is 13.9 Å². The van der Waals surface area contributed by atoms with Crippen molar-refractivity contribution < 1.29 is 22.4 Å². The van der Waals surface area contributed by atoms with Crippen LogP contribution < -0.4 is 9.62 Å². The lowest BCUT2D eigenvalue weighted by atomic mass is 10.0. The third-order valence-electron chi connectivity index (χ3n) is 7.34. The predicted molar refractivity (Wildman–Crippen MR) is 176 cm³/mol. The van der Waals surface area contributed by atoms with Crippen molar-refractivity contribution in [2.24, 2.45) is 0 Å². The maximum atomic E-state index is 14.4. The second kappa shape index (κ2) is 15.7. The van der Waals surface area contributed by atoms with Gasteiger partial charge in [0.1, 0.15) is 18.4 Å². The standard InChI is InChI=1S/C35H37ClFN3O4S/c1-3-4-20-38-35(42)33(22-27-13-7-5-8-14-27)39(24-28-15-11-12-26(2)21-28)34(41)25-40(29-18-19-32(37)31(36)23-29)45(43,44)30-16-9-6-10-17-30/h5-19,21,23,33H,3-4,20,22,24-25H2,1-2H3,(H,38,42). The summed E-state index contributed by atoms with van der Waals surface area (Å²) in [5.74, 6) is -1.67. The van der Waals surface area contributed by atoms with Crippen LogP contribution in [0.3, 0.4) is 0 Å². The van der Waals surface area contributed by atoms with Crippen molar-refractivity contribution >= 4 is 39.1 Å². The Balaban J connectivity index is 1.80. The first-order valence-electron chi connectivity index (χ1n) is 14.8. The molecule has 0 saturated heterocycles. The van der Waals surface area contributed by atoms with E-state index in [-0.39, 0.29) is 34.5 Å². The van der Waals surface area contributed by atoms with E-state index in [1.54, 1.807) is 18.2 Å². The maximum absolute atomic E-state index is 14.4. The summed E-state index contributed by atoms with van der Waals surface area (Å²) in [5, 5.41) is 2.68. The highest BCUT2D eigenvalue weighted by molar-refractivity contribution is 7.92. The van der Waals surface area contributed by atoms with Gasteiger partial charge in [0.25, 0.3) is 10.0 Å². The number of halogens is 2. The van der Waals surface area contributed by atoms with Crippen LogP contribution in [0.15, 0.2) is 108 Å². The molecule has 1 atom stereocenters. The molecule has 0 radical (unpaired) electrons. The molecule has 10 heteroatoms. The van der Waals surface area contributed by atoms with Crippen molar-refractivity contribution in [3.8, 4) is 0 Å². The lowest BCUT2D eigenvalue weighted by Gasteiger charge is -2.34. The zero-order valence-electron chi connectivity index (χ0n) is 25.3. The summed E-state index contributed by atoms with van der Waals surface area (Å²) in [5.41, 5.74) is 2.61. The predicted octanol–water partition coefficient (Wildman–Crippen LogP) is 6.54. The van der Waals surface area contributed by atoms with Crippen molar-refractivity contribution in [2.45, 2.75) is 50.6 Å². The van der Waals surface area contributed by atoms with Crippen LogP contribution in [0, 0.1) is 12.7 Å². The average molecular weight is 650 g/mol. The summed E-state index contributed by atoms with van der Waals surface area (Å²) >= 11 is 6.07. The minimum atomic E-state index is -4.31. The number of nitrogens with one attached hydrogen (secondary N) is 1. The quantitative estimate of drug-likeness (QED) is 0.157. The molecule has 7 nitrogen and oxygen atoms in total. The van der Waals surface area contributed by atoms with Crippen molar-refractivity contribution in [3.05, 3.63) is 131 Å². The molecule has 4 rings (SSSR count). The van der Waals surface area contributed by atoms with Crippen molar-refractivity contribution in [1.29, 1.82) is 0 Å². The molecular weight excluding hydrogens is 613 g/mol. The molecule has 0 bridgehead atoms. The van der Waals surface area contributed by atoms with Crippen LogP contribution in [0.4, 0.5) is 10.1 Å². The van der Waals surface area contributed by atoms with Gasteiger partial charge >= 0.3 is 0 Å². The molecule has 0 spiro atoms. The number of unbranched alkanes of at least 4 members (excludes halogenated alkanes) is 1. The summed E-state index contributed by atoms with van der Waals surface area (Å²) in [6.45, 7) is 3.79. The molecule has 1 unspecified atom stereocenters. The number of sulfonamides is 1. The van der Waals surface area contributed by atoms with Crippen LogP contribution in [0.2, 0.25) is 5.02 Å². The number of amides is 2. The Hall–Kier alpha value is -4.21. The molecule has 0 heterocycles. The summed E-state index contributed by atoms with van der Waals surface area (Å²) < 4.78 is 43.1. The number of aryl methyl sites for hydroxylation is 1. The number of carbonyl (C=O) groups is 2. The Bertz CT molecular complexity index is 1700. The molecule has 0 aliphatic rings. The normalized spacial score (nSPS) is 11.9. The van der Waals surface area contributed by atoms with Crippen LogP contribution in [-0.2, 0) is 32.6 Å². The highest BCUT2D eigenvalue weighted by Crippen LogP contribution is 2.28. The molecular formula is C35H37ClFN3O4S. The molecule has 1 N–H and O–H groups in total. The van der Waals surface area contributed by atoms with Crippen molar-refractivity contribution in [3.63, 3.8) is 0 Å². The highest BCUT2D eigenvalue weighted by Gasteiger charge is 2.34. The van der Waals surface area contributed by atoms with Crippen LogP contribution in [0.25, 0.3) is 0 Å². The summed E-state index contributed by atoms with van der Waals surface area (Å²) in [7, 11) is -4.31. The number of anilines is 1. The Morgan fingerprint density at radius 3 is 2.20 bits per heavy atom. The number of hydrogen-bond donors (Lipinski definition) is 1.